The summed E-state index contributed by atoms with van der Waals surface area (Å²) in [6.07, 6.45) is -5.41. The van der Waals surface area contributed by atoms with E-state index in [1.54, 1.807) is 0 Å². The highest BCUT2D eigenvalue weighted by Gasteiger charge is 2.46. The van der Waals surface area contributed by atoms with E-state index in [0.717, 1.165) is 19.3 Å². The average Bonchev–Trinajstić information content (AvgIpc) is 2.88. The van der Waals surface area contributed by atoms with Gasteiger partial charge in [-0.3, -0.25) is 4.79 Å². The van der Waals surface area contributed by atoms with Gasteiger partial charge in [-0.05, 0) is 6.42 Å². The van der Waals surface area contributed by atoms with Crippen molar-refractivity contribution >= 4 is 5.97 Å². The maximum Gasteiger partial charge on any atom is 0.305 e. The molecule has 0 aliphatic carbocycles. The molecule has 1 fully saturated rings. The van der Waals surface area contributed by atoms with Gasteiger partial charge in [-0.25, -0.2) is 0 Å². The van der Waals surface area contributed by atoms with Crippen molar-refractivity contribution < 1.29 is 59.9 Å². The summed E-state index contributed by atoms with van der Waals surface area (Å²) in [6, 6.07) is 0. The Balaban J connectivity index is 2.47. The van der Waals surface area contributed by atoms with Crippen molar-refractivity contribution in [3.05, 3.63) is 0 Å². The third-order valence-corrected chi connectivity index (χ3v) is 6.34. The fourth-order valence-electron chi connectivity index (χ4n) is 3.99. The molecule has 12 heteroatoms. The van der Waals surface area contributed by atoms with E-state index in [4.69, 9.17) is 14.2 Å². The summed E-state index contributed by atoms with van der Waals surface area (Å²) >= 11 is 0. The van der Waals surface area contributed by atoms with E-state index in [9.17, 15) is 45.6 Å². The van der Waals surface area contributed by atoms with Crippen LogP contribution in [0.15, 0.2) is 0 Å². The summed E-state index contributed by atoms with van der Waals surface area (Å²) in [7, 11) is 0. The zero-order chi connectivity index (χ0) is 27.1. The van der Waals surface area contributed by atoms with Crippen LogP contribution < -0.4 is 0 Å². The van der Waals surface area contributed by atoms with Crippen LogP contribution in [0.1, 0.15) is 71.1 Å². The normalized spacial score (nSPS) is 27.9. The average molecular weight is 527 g/mol. The Morgan fingerprint density at radius 1 is 0.833 bits per heavy atom. The maximum atomic E-state index is 12.0. The monoisotopic (exact) mass is 526 g/mol. The van der Waals surface area contributed by atoms with Crippen molar-refractivity contribution in [2.45, 2.75) is 126 Å². The Labute approximate surface area is 212 Å². The van der Waals surface area contributed by atoms with Crippen LogP contribution in [0.25, 0.3) is 0 Å². The van der Waals surface area contributed by atoms with E-state index < -0.39 is 80.9 Å². The fourth-order valence-corrected chi connectivity index (χ4v) is 3.99. The molecule has 214 valence electrons. The van der Waals surface area contributed by atoms with Crippen LogP contribution >= 0.6 is 0 Å². The summed E-state index contributed by atoms with van der Waals surface area (Å²) in [6.45, 7) is -0.0554. The molecule has 1 aliphatic rings. The molecule has 0 aromatic rings. The van der Waals surface area contributed by atoms with Gasteiger partial charge in [-0.1, -0.05) is 58.3 Å². The minimum atomic E-state index is -1.89. The van der Waals surface area contributed by atoms with E-state index in [1.165, 1.54) is 32.1 Å². The van der Waals surface area contributed by atoms with Crippen LogP contribution in [0.5, 0.6) is 0 Å². The van der Waals surface area contributed by atoms with Gasteiger partial charge in [0.15, 0.2) is 6.29 Å². The van der Waals surface area contributed by atoms with Crippen LogP contribution in [0.4, 0.5) is 0 Å². The number of carbonyl (C=O) groups is 1. The van der Waals surface area contributed by atoms with Gasteiger partial charge >= 0.3 is 5.97 Å². The number of hydrogen-bond donors (Lipinski definition) is 8. The largest absolute Gasteiger partial charge is 0.463 e. The van der Waals surface area contributed by atoms with Crippen molar-refractivity contribution in [1.29, 1.82) is 0 Å². The highest BCUT2D eigenvalue weighted by Crippen LogP contribution is 2.25. The minimum absolute atomic E-state index is 0.155. The smallest absolute Gasteiger partial charge is 0.305 e. The van der Waals surface area contributed by atoms with Crippen molar-refractivity contribution in [2.75, 3.05) is 19.8 Å². The van der Waals surface area contributed by atoms with Crippen molar-refractivity contribution in [1.82, 2.24) is 0 Å². The lowest BCUT2D eigenvalue weighted by atomic mass is 9.98. The third-order valence-electron chi connectivity index (χ3n) is 6.34. The summed E-state index contributed by atoms with van der Waals surface area (Å²) in [4.78, 5) is 12.0. The molecule has 0 aromatic heterocycles. The third kappa shape index (κ3) is 11.2. The van der Waals surface area contributed by atoms with E-state index in [1.807, 2.05) is 0 Å². The van der Waals surface area contributed by atoms with Gasteiger partial charge in [-0.2, -0.15) is 0 Å². The SMILES string of the molecule is CCCCCCCCCCCC(=O)OC[C@H](O)[C@@H](O)[C@H](O[C@H]1O[C@H](CO)[C@@H](O)[C@H](O)[C@H]1O)[C@H](O)CO. The summed E-state index contributed by atoms with van der Waals surface area (Å²) in [5.74, 6) is -0.557. The molecular formula is C24H46O12. The van der Waals surface area contributed by atoms with Gasteiger partial charge in [0, 0.05) is 6.42 Å². The Kier molecular flexibility index (Phi) is 16.9. The molecule has 9 atom stereocenters. The molecule has 0 saturated carbocycles. The number of aliphatic hydroxyl groups excluding tert-OH is 8. The topological polar surface area (TPSA) is 207 Å². The number of ether oxygens (including phenoxy) is 3. The lowest BCUT2D eigenvalue weighted by molar-refractivity contribution is -0.327. The summed E-state index contributed by atoms with van der Waals surface area (Å²) in [5, 5.41) is 79.2. The van der Waals surface area contributed by atoms with Gasteiger partial charge in [0.2, 0.25) is 0 Å². The Morgan fingerprint density at radius 3 is 1.97 bits per heavy atom. The summed E-state index contributed by atoms with van der Waals surface area (Å²) < 4.78 is 15.5. The molecule has 0 spiro atoms. The number of esters is 1. The number of unbranched alkanes of at least 4 members (excludes halogenated alkanes) is 8. The van der Waals surface area contributed by atoms with Crippen LogP contribution in [-0.2, 0) is 19.0 Å². The second kappa shape index (κ2) is 18.3. The second-order valence-corrected chi connectivity index (χ2v) is 9.37. The van der Waals surface area contributed by atoms with Gasteiger partial charge in [0.05, 0.1) is 13.2 Å². The van der Waals surface area contributed by atoms with Gasteiger partial charge in [-0.15, -0.1) is 0 Å². The molecule has 0 radical (unpaired) electrons. The summed E-state index contributed by atoms with van der Waals surface area (Å²) in [5.41, 5.74) is 0. The minimum Gasteiger partial charge on any atom is -0.463 e. The molecule has 8 N–H and O–H groups in total. The number of aliphatic hydroxyl groups is 8. The Hall–Kier alpha value is -0.930. The lowest BCUT2D eigenvalue weighted by Gasteiger charge is -2.42. The molecule has 1 rings (SSSR count). The highest BCUT2D eigenvalue weighted by molar-refractivity contribution is 5.69. The first-order chi connectivity index (χ1) is 17.2. The Morgan fingerprint density at radius 2 is 1.42 bits per heavy atom. The van der Waals surface area contributed by atoms with E-state index in [0.29, 0.717) is 6.42 Å². The molecule has 0 aromatic carbocycles. The highest BCUT2D eigenvalue weighted by atomic mass is 16.7. The first-order valence-corrected chi connectivity index (χ1v) is 12.9. The second-order valence-electron chi connectivity index (χ2n) is 9.37. The van der Waals surface area contributed by atoms with E-state index >= 15 is 0 Å². The van der Waals surface area contributed by atoms with Crippen LogP contribution in [0, 0.1) is 0 Å². The van der Waals surface area contributed by atoms with Gasteiger partial charge < -0.3 is 55.1 Å². The molecule has 1 saturated heterocycles. The lowest BCUT2D eigenvalue weighted by Crippen LogP contribution is -2.61. The van der Waals surface area contributed by atoms with Gasteiger partial charge in [0.25, 0.3) is 0 Å². The maximum absolute atomic E-state index is 12.0. The number of hydrogen-bond acceptors (Lipinski definition) is 12. The first kappa shape index (κ1) is 33.1. The first-order valence-electron chi connectivity index (χ1n) is 12.9. The molecule has 1 heterocycles. The molecule has 1 aliphatic heterocycles. The quantitative estimate of drug-likeness (QED) is 0.0731. The van der Waals surface area contributed by atoms with Crippen LogP contribution in [0.3, 0.4) is 0 Å². The van der Waals surface area contributed by atoms with Crippen LogP contribution in [0.2, 0.25) is 0 Å². The molecular weight excluding hydrogens is 480 g/mol. The van der Waals surface area contributed by atoms with Crippen molar-refractivity contribution in [3.8, 4) is 0 Å². The zero-order valence-corrected chi connectivity index (χ0v) is 21.1. The van der Waals surface area contributed by atoms with E-state index in [-0.39, 0.29) is 6.42 Å². The molecule has 0 bridgehead atoms. The van der Waals surface area contributed by atoms with Gasteiger partial charge in [0.1, 0.15) is 55.4 Å². The predicted molar refractivity (Wildman–Crippen MR) is 127 cm³/mol. The van der Waals surface area contributed by atoms with E-state index in [2.05, 4.69) is 6.92 Å². The standard InChI is InChI=1S/C24H46O12/c1-2-3-4-5-6-7-8-9-10-11-18(29)34-14-16(28)19(30)23(15(27)12-25)36-24-22(33)21(32)20(31)17(13-26)35-24/h15-17,19-28,30-33H,2-14H2,1H3/t15-,16+,17-,19-,20-,21+,22-,23-,24-/m1/s1. The Bertz CT molecular complexity index is 577. The molecule has 36 heavy (non-hydrogen) atoms. The van der Waals surface area contributed by atoms with Crippen molar-refractivity contribution in [2.24, 2.45) is 0 Å². The zero-order valence-electron chi connectivity index (χ0n) is 21.1. The van der Waals surface area contributed by atoms with Crippen LogP contribution in [-0.4, -0.2) is 122 Å². The number of rotatable bonds is 19. The van der Waals surface area contributed by atoms with Crippen molar-refractivity contribution in [3.63, 3.8) is 0 Å². The molecule has 0 unspecified atom stereocenters. The molecule has 12 nitrogen and oxygen atoms in total. The number of carbonyl (C=O) groups excluding carboxylic acids is 1. The fraction of sp³-hybridized carbons (Fsp3) is 0.958. The predicted octanol–water partition coefficient (Wildman–Crippen LogP) is -1.29. The molecule has 0 amide bonds.